The second-order valence-corrected chi connectivity index (χ2v) is 5.04. The van der Waals surface area contributed by atoms with Gasteiger partial charge in [-0.25, -0.2) is 9.79 Å². The van der Waals surface area contributed by atoms with Crippen molar-refractivity contribution in [2.75, 3.05) is 13.7 Å². The second kappa shape index (κ2) is 7.00. The van der Waals surface area contributed by atoms with E-state index in [1.165, 1.54) is 0 Å². The van der Waals surface area contributed by atoms with Crippen molar-refractivity contribution in [1.82, 2.24) is 0 Å². The van der Waals surface area contributed by atoms with Gasteiger partial charge in [-0.2, -0.15) is 0 Å². The Morgan fingerprint density at radius 3 is 2.79 bits per heavy atom. The number of cyclic esters (lactones) is 1. The number of ether oxygens (including phenoxy) is 3. The summed E-state index contributed by atoms with van der Waals surface area (Å²) in [4.78, 5) is 16.4. The van der Waals surface area contributed by atoms with Crippen LogP contribution in [0.4, 0.5) is 0 Å². The molecule has 0 fully saturated rings. The van der Waals surface area contributed by atoms with Crippen LogP contribution in [0.15, 0.2) is 59.2 Å². The van der Waals surface area contributed by atoms with Crippen molar-refractivity contribution in [1.29, 1.82) is 0 Å². The van der Waals surface area contributed by atoms with Crippen LogP contribution < -0.4 is 9.47 Å². The van der Waals surface area contributed by atoms with Crippen molar-refractivity contribution >= 4 is 17.9 Å². The zero-order chi connectivity index (χ0) is 16.9. The van der Waals surface area contributed by atoms with Crippen molar-refractivity contribution in [3.05, 3.63) is 65.4 Å². The quantitative estimate of drug-likeness (QED) is 0.625. The van der Waals surface area contributed by atoms with Gasteiger partial charge in [-0.3, -0.25) is 0 Å². The molecule has 0 bridgehead atoms. The summed E-state index contributed by atoms with van der Waals surface area (Å²) in [6, 6.07) is 14.7. The first-order chi connectivity index (χ1) is 11.7. The molecule has 5 heteroatoms. The third kappa shape index (κ3) is 3.30. The van der Waals surface area contributed by atoms with Gasteiger partial charge in [0.15, 0.2) is 5.70 Å². The lowest BCUT2D eigenvalue weighted by molar-refractivity contribution is -0.129. The minimum Gasteiger partial charge on any atom is -0.497 e. The highest BCUT2D eigenvalue weighted by atomic mass is 16.6. The number of hydrogen-bond donors (Lipinski definition) is 0. The lowest BCUT2D eigenvalue weighted by atomic mass is 10.2. The van der Waals surface area contributed by atoms with Crippen LogP contribution >= 0.6 is 0 Å². The van der Waals surface area contributed by atoms with Crippen molar-refractivity contribution in [3.8, 4) is 11.5 Å². The van der Waals surface area contributed by atoms with Gasteiger partial charge in [-0.15, -0.1) is 0 Å². The summed E-state index contributed by atoms with van der Waals surface area (Å²) in [5.74, 6) is 1.10. The Labute approximate surface area is 140 Å². The number of aliphatic imine (C=N–C) groups is 1. The molecule has 0 N–H and O–H groups in total. The fourth-order valence-corrected chi connectivity index (χ4v) is 2.34. The predicted octanol–water partition coefficient (Wildman–Crippen LogP) is 3.44. The fourth-order valence-electron chi connectivity index (χ4n) is 2.34. The van der Waals surface area contributed by atoms with Crippen LogP contribution in [0.25, 0.3) is 6.08 Å². The largest absolute Gasteiger partial charge is 0.497 e. The molecule has 0 saturated heterocycles. The van der Waals surface area contributed by atoms with E-state index in [-0.39, 0.29) is 11.6 Å². The maximum Gasteiger partial charge on any atom is 0.363 e. The number of benzene rings is 2. The highest BCUT2D eigenvalue weighted by Crippen LogP contribution is 2.25. The molecule has 1 aliphatic rings. The van der Waals surface area contributed by atoms with E-state index in [1.807, 2.05) is 55.5 Å². The van der Waals surface area contributed by atoms with E-state index in [0.29, 0.717) is 23.7 Å². The van der Waals surface area contributed by atoms with E-state index in [0.717, 1.165) is 5.56 Å². The molecule has 0 aliphatic carbocycles. The Bertz CT molecular complexity index is 824. The number of para-hydroxylation sites is 1. The average Bonchev–Trinajstić information content (AvgIpc) is 2.96. The molecule has 0 amide bonds. The van der Waals surface area contributed by atoms with E-state index in [1.54, 1.807) is 13.2 Å². The summed E-state index contributed by atoms with van der Waals surface area (Å²) >= 11 is 0. The van der Waals surface area contributed by atoms with E-state index >= 15 is 0 Å². The van der Waals surface area contributed by atoms with Gasteiger partial charge in [0.2, 0.25) is 5.90 Å². The third-order valence-corrected chi connectivity index (χ3v) is 3.43. The lowest BCUT2D eigenvalue weighted by Crippen LogP contribution is -2.07. The molecule has 2 aromatic carbocycles. The van der Waals surface area contributed by atoms with Gasteiger partial charge >= 0.3 is 5.97 Å². The van der Waals surface area contributed by atoms with E-state index < -0.39 is 5.97 Å². The lowest BCUT2D eigenvalue weighted by Gasteiger charge is -2.08. The molecule has 2 aromatic rings. The Morgan fingerprint density at radius 1 is 1.17 bits per heavy atom. The van der Waals surface area contributed by atoms with Crippen LogP contribution in [-0.4, -0.2) is 25.6 Å². The van der Waals surface area contributed by atoms with Crippen LogP contribution in [0.2, 0.25) is 0 Å². The maximum absolute atomic E-state index is 12.1. The Hall–Kier alpha value is -3.08. The molecule has 0 atom stereocenters. The molecule has 24 heavy (non-hydrogen) atoms. The van der Waals surface area contributed by atoms with Gasteiger partial charge in [-0.05, 0) is 42.8 Å². The summed E-state index contributed by atoms with van der Waals surface area (Å²) in [5.41, 5.74) is 1.70. The molecule has 1 aliphatic heterocycles. The number of carbonyl (C=O) groups is 1. The van der Waals surface area contributed by atoms with Gasteiger partial charge in [0, 0.05) is 0 Å². The first-order valence-electron chi connectivity index (χ1n) is 7.60. The smallest absolute Gasteiger partial charge is 0.363 e. The Balaban J connectivity index is 1.94. The number of rotatable bonds is 5. The van der Waals surface area contributed by atoms with Gasteiger partial charge in [0.1, 0.15) is 11.5 Å². The van der Waals surface area contributed by atoms with Crippen molar-refractivity contribution in [3.63, 3.8) is 0 Å². The minimum absolute atomic E-state index is 0.240. The molecule has 0 saturated carbocycles. The van der Waals surface area contributed by atoms with E-state index in [9.17, 15) is 4.79 Å². The van der Waals surface area contributed by atoms with Gasteiger partial charge in [0.05, 0.1) is 19.3 Å². The van der Waals surface area contributed by atoms with Gasteiger partial charge < -0.3 is 14.2 Å². The summed E-state index contributed by atoms with van der Waals surface area (Å²) in [5, 5.41) is 0. The molecule has 0 spiro atoms. The van der Waals surface area contributed by atoms with Crippen molar-refractivity contribution in [2.45, 2.75) is 6.92 Å². The number of methoxy groups -OCH3 is 1. The van der Waals surface area contributed by atoms with Gasteiger partial charge in [0.25, 0.3) is 0 Å². The third-order valence-electron chi connectivity index (χ3n) is 3.43. The number of hydrogen-bond acceptors (Lipinski definition) is 5. The molecule has 0 radical (unpaired) electrons. The predicted molar refractivity (Wildman–Crippen MR) is 91.2 cm³/mol. The van der Waals surface area contributed by atoms with Crippen LogP contribution in [0.5, 0.6) is 11.5 Å². The van der Waals surface area contributed by atoms with Crippen LogP contribution in [0.1, 0.15) is 18.1 Å². The molecule has 0 unspecified atom stereocenters. The molecule has 0 aromatic heterocycles. The Kier molecular flexibility index (Phi) is 4.61. The zero-order valence-electron chi connectivity index (χ0n) is 13.5. The molecule has 122 valence electrons. The first-order valence-corrected chi connectivity index (χ1v) is 7.60. The Morgan fingerprint density at radius 2 is 2.00 bits per heavy atom. The molecular weight excluding hydrogens is 306 g/mol. The maximum atomic E-state index is 12.1. The van der Waals surface area contributed by atoms with Crippen molar-refractivity contribution < 1.29 is 19.0 Å². The van der Waals surface area contributed by atoms with Crippen LogP contribution in [0, 0.1) is 0 Å². The number of carbonyl (C=O) groups excluding carboxylic acids is 1. The van der Waals surface area contributed by atoms with Crippen molar-refractivity contribution in [2.24, 2.45) is 4.99 Å². The van der Waals surface area contributed by atoms with E-state index in [4.69, 9.17) is 14.2 Å². The van der Waals surface area contributed by atoms with Crippen LogP contribution in [0.3, 0.4) is 0 Å². The SMILES string of the molecule is CCOc1ccccc1C1=N/C(=C/c2cccc(OC)c2)C(=O)O1. The minimum atomic E-state index is -0.487. The summed E-state index contributed by atoms with van der Waals surface area (Å²) < 4.78 is 16.0. The summed E-state index contributed by atoms with van der Waals surface area (Å²) in [6.45, 7) is 2.41. The summed E-state index contributed by atoms with van der Waals surface area (Å²) in [7, 11) is 1.59. The molecule has 3 rings (SSSR count). The topological polar surface area (TPSA) is 57.1 Å². The van der Waals surface area contributed by atoms with Crippen LogP contribution in [-0.2, 0) is 9.53 Å². The number of esters is 1. The molecular formula is C19H17NO4. The monoisotopic (exact) mass is 323 g/mol. The second-order valence-electron chi connectivity index (χ2n) is 5.04. The number of nitrogens with zero attached hydrogens (tertiary/aromatic N) is 1. The first kappa shape index (κ1) is 15.8. The standard InChI is InChI=1S/C19H17NO4/c1-3-23-17-10-5-4-9-15(17)18-20-16(19(21)24-18)12-13-7-6-8-14(11-13)22-2/h4-12H,3H2,1-2H3/b16-12+. The molecule has 1 heterocycles. The summed E-state index contributed by atoms with van der Waals surface area (Å²) in [6.07, 6.45) is 1.67. The zero-order valence-corrected chi connectivity index (χ0v) is 13.5. The molecule has 5 nitrogen and oxygen atoms in total. The highest BCUT2D eigenvalue weighted by molar-refractivity contribution is 6.13. The van der Waals surface area contributed by atoms with E-state index in [2.05, 4.69) is 4.99 Å². The highest BCUT2D eigenvalue weighted by Gasteiger charge is 2.26. The normalized spacial score (nSPS) is 15.2. The average molecular weight is 323 g/mol. The fraction of sp³-hybridized carbons (Fsp3) is 0.158. The van der Waals surface area contributed by atoms with Gasteiger partial charge in [-0.1, -0.05) is 24.3 Å².